The second-order valence-electron chi connectivity index (χ2n) is 10.7. The number of hydrogen-bond acceptors (Lipinski definition) is 6. The van der Waals surface area contributed by atoms with E-state index >= 15 is 0 Å². The van der Waals surface area contributed by atoms with Crippen molar-refractivity contribution in [3.63, 3.8) is 0 Å². The van der Waals surface area contributed by atoms with Crippen LogP contribution in [0.2, 0.25) is 0 Å². The summed E-state index contributed by atoms with van der Waals surface area (Å²) in [6.07, 6.45) is 9.87. The molecule has 198 valence electrons. The Kier molecular flexibility index (Phi) is 6.94. The smallest absolute Gasteiger partial charge is 0.337 e. The highest BCUT2D eigenvalue weighted by atomic mass is 16.5. The highest BCUT2D eigenvalue weighted by Gasteiger charge is 2.23. The van der Waals surface area contributed by atoms with Crippen LogP contribution in [0.5, 0.6) is 0 Å². The summed E-state index contributed by atoms with van der Waals surface area (Å²) in [5, 5.41) is 2.27. The van der Waals surface area contributed by atoms with Gasteiger partial charge in [-0.3, -0.25) is 9.88 Å². The molecule has 3 heterocycles. The van der Waals surface area contributed by atoms with Gasteiger partial charge in [-0.25, -0.2) is 4.79 Å². The molecule has 0 unspecified atom stereocenters. The lowest BCUT2D eigenvalue weighted by atomic mass is 9.92. The Bertz CT molecular complexity index is 1470. The number of nitrogens with one attached hydrogen (secondary N) is 1. The van der Waals surface area contributed by atoms with Gasteiger partial charge in [0.1, 0.15) is 0 Å². The van der Waals surface area contributed by atoms with Crippen molar-refractivity contribution < 1.29 is 9.53 Å². The molecule has 0 spiro atoms. The Morgan fingerprint density at radius 2 is 1.92 bits per heavy atom. The van der Waals surface area contributed by atoms with E-state index in [2.05, 4.69) is 39.2 Å². The number of carbonyl (C=O) groups is 1. The van der Waals surface area contributed by atoms with Crippen LogP contribution in [0.1, 0.15) is 52.9 Å². The molecule has 1 fully saturated rings. The molecule has 38 heavy (non-hydrogen) atoms. The zero-order valence-corrected chi connectivity index (χ0v) is 22.3. The number of aromatic amines is 1. The third-order valence-electron chi connectivity index (χ3n) is 8.38. The van der Waals surface area contributed by atoms with Gasteiger partial charge in [-0.15, -0.1) is 0 Å². The molecule has 3 N–H and O–H groups in total. The maximum absolute atomic E-state index is 11.9. The highest BCUT2D eigenvalue weighted by molar-refractivity contribution is 6.02. The molecule has 4 aromatic rings. The summed E-state index contributed by atoms with van der Waals surface area (Å²) in [7, 11) is 1.42. The standard InChI is InChI=1S/C31H37N5O2/c1-38-31(37)21-12-13-25-24(19-21)22(20-33-25)7-4-5-14-35-15-17-36(18-16-35)28-11-6-10-27-29(28)30(32)23-8-2-3-9-26(23)34-27/h6,10-13,19-20,33H,2-5,7-9,14-18H2,1H3,(H2,32,34). The van der Waals surface area contributed by atoms with Gasteiger partial charge in [-0.1, -0.05) is 6.07 Å². The fraction of sp³-hybridized carbons (Fsp3) is 0.419. The van der Waals surface area contributed by atoms with E-state index in [-0.39, 0.29) is 5.97 Å². The van der Waals surface area contributed by atoms with Gasteiger partial charge in [0.05, 0.1) is 18.2 Å². The molecule has 2 aliphatic rings. The second-order valence-corrected chi connectivity index (χ2v) is 10.7. The van der Waals surface area contributed by atoms with Gasteiger partial charge >= 0.3 is 5.97 Å². The first-order valence-corrected chi connectivity index (χ1v) is 14.0. The summed E-state index contributed by atoms with van der Waals surface area (Å²) in [5.41, 5.74) is 15.4. The van der Waals surface area contributed by atoms with E-state index in [1.54, 1.807) is 0 Å². The zero-order valence-electron chi connectivity index (χ0n) is 22.3. The van der Waals surface area contributed by atoms with Crippen LogP contribution in [0.3, 0.4) is 0 Å². The van der Waals surface area contributed by atoms with E-state index in [0.717, 1.165) is 92.3 Å². The van der Waals surface area contributed by atoms with Crippen molar-refractivity contribution in [2.24, 2.45) is 0 Å². The van der Waals surface area contributed by atoms with E-state index in [9.17, 15) is 4.79 Å². The molecule has 0 saturated carbocycles. The largest absolute Gasteiger partial charge is 0.465 e. The Labute approximate surface area is 224 Å². The monoisotopic (exact) mass is 511 g/mol. The Morgan fingerprint density at radius 1 is 1.08 bits per heavy atom. The number of carbonyl (C=O) groups excluding carboxylic acids is 1. The first kappa shape index (κ1) is 24.7. The maximum Gasteiger partial charge on any atom is 0.337 e. The lowest BCUT2D eigenvalue weighted by Gasteiger charge is -2.37. The number of H-pyrrole nitrogens is 1. The summed E-state index contributed by atoms with van der Waals surface area (Å²) in [5.74, 6) is -0.292. The van der Waals surface area contributed by atoms with Gasteiger partial charge in [0.15, 0.2) is 0 Å². The number of piperazine rings is 1. The molecule has 1 saturated heterocycles. The van der Waals surface area contributed by atoms with Gasteiger partial charge in [-0.2, -0.15) is 0 Å². The number of benzene rings is 2. The Hall–Kier alpha value is -3.58. The molecule has 0 bridgehead atoms. The zero-order chi connectivity index (χ0) is 26.1. The minimum atomic E-state index is -0.292. The summed E-state index contributed by atoms with van der Waals surface area (Å²) in [6.45, 7) is 5.24. The van der Waals surface area contributed by atoms with Crippen molar-refractivity contribution in [2.75, 3.05) is 50.5 Å². The summed E-state index contributed by atoms with van der Waals surface area (Å²) < 4.78 is 4.88. The minimum Gasteiger partial charge on any atom is -0.465 e. The van der Waals surface area contributed by atoms with E-state index in [1.807, 2.05) is 18.2 Å². The van der Waals surface area contributed by atoms with Crippen molar-refractivity contribution in [1.29, 1.82) is 0 Å². The van der Waals surface area contributed by atoms with Crippen LogP contribution < -0.4 is 10.6 Å². The van der Waals surface area contributed by atoms with Crippen LogP contribution in [0, 0.1) is 0 Å². The number of fused-ring (bicyclic) bond motifs is 3. The first-order valence-electron chi connectivity index (χ1n) is 14.0. The number of unbranched alkanes of at least 4 members (excludes halogenated alkanes) is 1. The van der Waals surface area contributed by atoms with Crippen LogP contribution >= 0.6 is 0 Å². The third kappa shape index (κ3) is 4.71. The predicted molar refractivity (Wildman–Crippen MR) is 154 cm³/mol. The molecule has 7 heteroatoms. The third-order valence-corrected chi connectivity index (χ3v) is 8.38. The number of rotatable bonds is 7. The quantitative estimate of drug-likeness (QED) is 0.265. The Balaban J connectivity index is 1.05. The van der Waals surface area contributed by atoms with Crippen LogP contribution in [0.15, 0.2) is 42.6 Å². The van der Waals surface area contributed by atoms with Gasteiger partial charge in [0.2, 0.25) is 0 Å². The molecule has 1 aliphatic carbocycles. The van der Waals surface area contributed by atoms with Crippen molar-refractivity contribution in [3.8, 4) is 0 Å². The summed E-state index contributed by atoms with van der Waals surface area (Å²) >= 11 is 0. The number of aromatic nitrogens is 2. The van der Waals surface area contributed by atoms with Gasteiger partial charge < -0.3 is 20.4 Å². The molecule has 6 rings (SSSR count). The topological polar surface area (TPSA) is 87.5 Å². The molecule has 2 aromatic carbocycles. The average molecular weight is 512 g/mol. The van der Waals surface area contributed by atoms with Crippen LogP contribution in [0.25, 0.3) is 21.8 Å². The summed E-state index contributed by atoms with van der Waals surface area (Å²) in [4.78, 5) is 25.4. The van der Waals surface area contributed by atoms with E-state index in [4.69, 9.17) is 15.5 Å². The van der Waals surface area contributed by atoms with Crippen molar-refractivity contribution >= 4 is 39.1 Å². The fourth-order valence-corrected chi connectivity index (χ4v) is 6.25. The molecule has 7 nitrogen and oxygen atoms in total. The molecule has 0 amide bonds. The van der Waals surface area contributed by atoms with Crippen molar-refractivity contribution in [1.82, 2.24) is 14.9 Å². The van der Waals surface area contributed by atoms with Gasteiger partial charge in [0.25, 0.3) is 0 Å². The molecule has 2 aromatic heterocycles. The number of nitrogen functional groups attached to an aromatic ring is 1. The van der Waals surface area contributed by atoms with Crippen LogP contribution in [0.4, 0.5) is 11.4 Å². The van der Waals surface area contributed by atoms with Crippen molar-refractivity contribution in [2.45, 2.75) is 44.9 Å². The fourth-order valence-electron chi connectivity index (χ4n) is 6.25. The number of esters is 1. The number of methoxy groups -OCH3 is 1. The number of pyridine rings is 1. The van der Waals surface area contributed by atoms with E-state index in [0.29, 0.717) is 5.56 Å². The molecule has 0 atom stereocenters. The predicted octanol–water partition coefficient (Wildman–Crippen LogP) is 5.11. The van der Waals surface area contributed by atoms with Crippen LogP contribution in [-0.4, -0.2) is 60.7 Å². The van der Waals surface area contributed by atoms with E-state index < -0.39 is 0 Å². The molecule has 0 radical (unpaired) electrons. The SMILES string of the molecule is COC(=O)c1ccc2[nH]cc(CCCCN3CCN(c4cccc5nc6c(c(N)c45)CCCC6)CC3)c2c1. The van der Waals surface area contributed by atoms with Gasteiger partial charge in [0, 0.05) is 65.7 Å². The molecular formula is C31H37N5O2. The number of nitrogens with two attached hydrogens (primary N) is 1. The number of anilines is 2. The number of aryl methyl sites for hydroxylation is 2. The summed E-state index contributed by atoms with van der Waals surface area (Å²) in [6, 6.07) is 12.2. The number of nitrogens with zero attached hydrogens (tertiary/aromatic N) is 3. The maximum atomic E-state index is 11.9. The molecular weight excluding hydrogens is 474 g/mol. The van der Waals surface area contributed by atoms with E-state index in [1.165, 1.54) is 42.5 Å². The second kappa shape index (κ2) is 10.7. The number of hydrogen-bond donors (Lipinski definition) is 2. The lowest BCUT2D eigenvalue weighted by molar-refractivity contribution is 0.0601. The minimum absolute atomic E-state index is 0.292. The van der Waals surface area contributed by atoms with Gasteiger partial charge in [-0.05, 0) is 92.9 Å². The average Bonchev–Trinajstić information content (AvgIpc) is 3.37. The van der Waals surface area contributed by atoms with Crippen molar-refractivity contribution in [3.05, 3.63) is 65.0 Å². The lowest BCUT2D eigenvalue weighted by Crippen LogP contribution is -2.46. The molecule has 1 aliphatic heterocycles. The first-order chi connectivity index (χ1) is 18.6. The van der Waals surface area contributed by atoms with Crippen LogP contribution in [-0.2, 0) is 24.0 Å². The normalized spacial score (nSPS) is 16.2. The number of ether oxygens (including phenoxy) is 1. The highest BCUT2D eigenvalue weighted by Crippen LogP contribution is 2.37. The Morgan fingerprint density at radius 3 is 2.76 bits per heavy atom.